The first-order valence-electron chi connectivity index (χ1n) is 6.08. The summed E-state index contributed by atoms with van der Waals surface area (Å²) in [6, 6.07) is 5.35. The first-order chi connectivity index (χ1) is 9.60. The van der Waals surface area contributed by atoms with E-state index in [4.69, 9.17) is 4.74 Å². The number of rotatable bonds is 4. The second kappa shape index (κ2) is 6.33. The van der Waals surface area contributed by atoms with Crippen molar-refractivity contribution in [1.29, 1.82) is 0 Å². The SMILES string of the molecule is COc1ccc(C)cc1C(C)NC(=O)Nc1nncs1. The van der Waals surface area contributed by atoms with Crippen LogP contribution < -0.4 is 15.4 Å². The molecule has 0 saturated heterocycles. The topological polar surface area (TPSA) is 76.1 Å². The number of nitrogens with zero attached hydrogens (tertiary/aromatic N) is 2. The summed E-state index contributed by atoms with van der Waals surface area (Å²) in [5.41, 5.74) is 3.60. The molecule has 1 aromatic carbocycles. The van der Waals surface area contributed by atoms with Crippen LogP contribution in [-0.2, 0) is 0 Å². The van der Waals surface area contributed by atoms with E-state index in [2.05, 4.69) is 20.8 Å². The highest BCUT2D eigenvalue weighted by Gasteiger charge is 2.14. The molecule has 0 aliphatic rings. The Morgan fingerprint density at radius 1 is 1.45 bits per heavy atom. The Balaban J connectivity index is 2.06. The second-order valence-corrected chi connectivity index (χ2v) is 5.14. The van der Waals surface area contributed by atoms with Gasteiger partial charge >= 0.3 is 6.03 Å². The number of carbonyl (C=O) groups excluding carboxylic acids is 1. The first-order valence-corrected chi connectivity index (χ1v) is 6.96. The molecular weight excluding hydrogens is 276 g/mol. The maximum atomic E-state index is 11.9. The molecular formula is C13H16N4O2S. The van der Waals surface area contributed by atoms with Crippen LogP contribution in [0.4, 0.5) is 9.93 Å². The standard InChI is InChI=1S/C13H16N4O2S/c1-8-4-5-11(19-3)10(6-8)9(2)15-12(18)16-13-17-14-7-20-13/h4-7,9H,1-3H3,(H2,15,16,17,18). The van der Waals surface area contributed by atoms with Crippen LogP contribution in [0.2, 0.25) is 0 Å². The van der Waals surface area contributed by atoms with E-state index in [0.29, 0.717) is 5.13 Å². The molecule has 2 aromatic rings. The molecule has 0 aliphatic heterocycles. The zero-order valence-corrected chi connectivity index (χ0v) is 12.3. The number of aryl methyl sites for hydroxylation is 1. The van der Waals surface area contributed by atoms with Crippen molar-refractivity contribution in [3.63, 3.8) is 0 Å². The van der Waals surface area contributed by atoms with Gasteiger partial charge in [0.15, 0.2) is 0 Å². The zero-order valence-electron chi connectivity index (χ0n) is 11.5. The van der Waals surface area contributed by atoms with Crippen LogP contribution >= 0.6 is 11.3 Å². The summed E-state index contributed by atoms with van der Waals surface area (Å²) in [4.78, 5) is 11.9. The van der Waals surface area contributed by atoms with Gasteiger partial charge in [0, 0.05) is 5.56 Å². The summed E-state index contributed by atoms with van der Waals surface area (Å²) in [5.74, 6) is 0.749. The molecule has 2 amide bonds. The third-order valence-electron chi connectivity index (χ3n) is 2.78. The molecule has 106 valence electrons. The van der Waals surface area contributed by atoms with E-state index in [1.54, 1.807) is 12.6 Å². The first kappa shape index (κ1) is 14.3. The molecule has 0 saturated carbocycles. The van der Waals surface area contributed by atoms with Gasteiger partial charge in [0.2, 0.25) is 5.13 Å². The smallest absolute Gasteiger partial charge is 0.321 e. The lowest BCUT2D eigenvalue weighted by molar-refractivity contribution is 0.249. The summed E-state index contributed by atoms with van der Waals surface area (Å²) in [7, 11) is 1.61. The minimum atomic E-state index is -0.321. The van der Waals surface area contributed by atoms with Crippen molar-refractivity contribution in [2.45, 2.75) is 19.9 Å². The number of nitrogens with one attached hydrogen (secondary N) is 2. The van der Waals surface area contributed by atoms with E-state index >= 15 is 0 Å². The number of methoxy groups -OCH3 is 1. The predicted molar refractivity (Wildman–Crippen MR) is 78.2 cm³/mol. The number of aromatic nitrogens is 2. The predicted octanol–water partition coefficient (Wildman–Crippen LogP) is 2.74. The summed E-state index contributed by atoms with van der Waals surface area (Å²) < 4.78 is 5.32. The van der Waals surface area contributed by atoms with Crippen LogP contribution in [0.1, 0.15) is 24.1 Å². The average Bonchev–Trinajstić information content (AvgIpc) is 2.91. The Morgan fingerprint density at radius 3 is 2.90 bits per heavy atom. The Labute approximate surface area is 121 Å². The lowest BCUT2D eigenvalue weighted by Crippen LogP contribution is -2.31. The van der Waals surface area contributed by atoms with Crippen LogP contribution in [-0.4, -0.2) is 23.3 Å². The number of hydrogen-bond donors (Lipinski definition) is 2. The number of benzene rings is 1. The lowest BCUT2D eigenvalue weighted by atomic mass is 10.0. The maximum absolute atomic E-state index is 11.9. The van der Waals surface area contributed by atoms with Crippen LogP contribution in [0.3, 0.4) is 0 Å². The fourth-order valence-corrected chi connectivity index (χ4v) is 2.27. The largest absolute Gasteiger partial charge is 0.496 e. The van der Waals surface area contributed by atoms with Gasteiger partial charge in [-0.1, -0.05) is 29.0 Å². The zero-order chi connectivity index (χ0) is 14.5. The molecule has 1 atom stereocenters. The molecule has 2 rings (SSSR count). The summed E-state index contributed by atoms with van der Waals surface area (Å²) in [6.45, 7) is 3.90. The molecule has 0 radical (unpaired) electrons. The molecule has 7 heteroatoms. The normalized spacial score (nSPS) is 11.8. The quantitative estimate of drug-likeness (QED) is 0.908. The van der Waals surface area contributed by atoms with Crippen molar-refractivity contribution in [2.75, 3.05) is 12.4 Å². The van der Waals surface area contributed by atoms with Gasteiger partial charge in [-0.3, -0.25) is 5.32 Å². The highest BCUT2D eigenvalue weighted by atomic mass is 32.1. The molecule has 2 N–H and O–H groups in total. The second-order valence-electron chi connectivity index (χ2n) is 4.31. The fourth-order valence-electron chi connectivity index (χ4n) is 1.83. The van der Waals surface area contributed by atoms with Gasteiger partial charge in [-0.25, -0.2) is 4.79 Å². The van der Waals surface area contributed by atoms with E-state index in [0.717, 1.165) is 16.9 Å². The monoisotopic (exact) mass is 292 g/mol. The molecule has 6 nitrogen and oxygen atoms in total. The number of urea groups is 1. The number of amides is 2. The summed E-state index contributed by atoms with van der Waals surface area (Å²) in [5, 5.41) is 13.4. The Kier molecular flexibility index (Phi) is 4.52. The van der Waals surface area contributed by atoms with Crippen molar-refractivity contribution in [2.24, 2.45) is 0 Å². The van der Waals surface area contributed by atoms with Crippen molar-refractivity contribution in [3.05, 3.63) is 34.8 Å². The molecule has 1 unspecified atom stereocenters. The van der Waals surface area contributed by atoms with Crippen LogP contribution in [0.25, 0.3) is 0 Å². The van der Waals surface area contributed by atoms with E-state index in [-0.39, 0.29) is 12.1 Å². The molecule has 20 heavy (non-hydrogen) atoms. The molecule has 1 heterocycles. The van der Waals surface area contributed by atoms with Gasteiger partial charge in [-0.15, -0.1) is 10.2 Å². The third kappa shape index (κ3) is 3.45. The lowest BCUT2D eigenvalue weighted by Gasteiger charge is -2.17. The highest BCUT2D eigenvalue weighted by Crippen LogP contribution is 2.26. The van der Waals surface area contributed by atoms with Crippen molar-refractivity contribution >= 4 is 22.5 Å². The third-order valence-corrected chi connectivity index (χ3v) is 3.39. The van der Waals surface area contributed by atoms with Gasteiger partial charge in [-0.05, 0) is 19.9 Å². The van der Waals surface area contributed by atoms with Crippen molar-refractivity contribution < 1.29 is 9.53 Å². The molecule has 0 fully saturated rings. The van der Waals surface area contributed by atoms with Gasteiger partial charge in [0.25, 0.3) is 0 Å². The van der Waals surface area contributed by atoms with E-state index in [9.17, 15) is 4.79 Å². The highest BCUT2D eigenvalue weighted by molar-refractivity contribution is 7.13. The van der Waals surface area contributed by atoms with Crippen molar-refractivity contribution in [1.82, 2.24) is 15.5 Å². The van der Waals surface area contributed by atoms with Crippen LogP contribution in [0, 0.1) is 6.92 Å². The molecule has 0 aliphatic carbocycles. The summed E-state index contributed by atoms with van der Waals surface area (Å²) in [6.07, 6.45) is 0. The summed E-state index contributed by atoms with van der Waals surface area (Å²) >= 11 is 1.27. The average molecular weight is 292 g/mol. The number of ether oxygens (including phenoxy) is 1. The van der Waals surface area contributed by atoms with Crippen LogP contribution in [0.5, 0.6) is 5.75 Å². The minimum absolute atomic E-state index is 0.183. The fraction of sp³-hybridized carbons (Fsp3) is 0.308. The Morgan fingerprint density at radius 2 is 2.25 bits per heavy atom. The molecule has 1 aromatic heterocycles. The number of carbonyl (C=O) groups is 1. The maximum Gasteiger partial charge on any atom is 0.321 e. The Bertz CT molecular complexity index is 586. The minimum Gasteiger partial charge on any atom is -0.496 e. The van der Waals surface area contributed by atoms with Crippen LogP contribution in [0.15, 0.2) is 23.7 Å². The van der Waals surface area contributed by atoms with Gasteiger partial charge in [-0.2, -0.15) is 0 Å². The van der Waals surface area contributed by atoms with E-state index < -0.39 is 0 Å². The van der Waals surface area contributed by atoms with E-state index in [1.165, 1.54) is 11.3 Å². The molecule has 0 spiro atoms. The number of hydrogen-bond acceptors (Lipinski definition) is 5. The van der Waals surface area contributed by atoms with Gasteiger partial charge in [0.1, 0.15) is 11.3 Å². The van der Waals surface area contributed by atoms with E-state index in [1.807, 2.05) is 32.0 Å². The Hall–Kier alpha value is -2.15. The van der Waals surface area contributed by atoms with Gasteiger partial charge in [0.05, 0.1) is 13.2 Å². The van der Waals surface area contributed by atoms with Gasteiger partial charge < -0.3 is 10.1 Å². The van der Waals surface area contributed by atoms with Crippen molar-refractivity contribution in [3.8, 4) is 5.75 Å². The molecule has 0 bridgehead atoms. The number of anilines is 1.